The van der Waals surface area contributed by atoms with Crippen LogP contribution in [0.15, 0.2) is 24.3 Å². The van der Waals surface area contributed by atoms with Gasteiger partial charge in [-0.1, -0.05) is 32.1 Å². The van der Waals surface area contributed by atoms with Gasteiger partial charge in [-0.2, -0.15) is 0 Å². The minimum Gasteiger partial charge on any atom is -0.378 e. The third kappa shape index (κ3) is 2.52. The van der Waals surface area contributed by atoms with Crippen LogP contribution in [0.5, 0.6) is 0 Å². The molecule has 0 bridgehead atoms. The highest BCUT2D eigenvalue weighted by molar-refractivity contribution is 5.89. The predicted molar refractivity (Wildman–Crippen MR) is 52.3 cm³/mol. The SMILES string of the molecule is CC(C)CC(=O)C1(O)C=CC=CC1. The highest BCUT2D eigenvalue weighted by Gasteiger charge is 2.32. The lowest BCUT2D eigenvalue weighted by atomic mass is 9.87. The van der Waals surface area contributed by atoms with Crippen LogP contribution in [0.3, 0.4) is 0 Å². The highest BCUT2D eigenvalue weighted by Crippen LogP contribution is 2.21. The lowest BCUT2D eigenvalue weighted by Crippen LogP contribution is -2.37. The van der Waals surface area contributed by atoms with Crippen LogP contribution in [0.2, 0.25) is 0 Å². The summed E-state index contributed by atoms with van der Waals surface area (Å²) in [5.41, 5.74) is -1.24. The van der Waals surface area contributed by atoms with Crippen molar-refractivity contribution in [2.24, 2.45) is 5.92 Å². The number of hydrogen-bond acceptors (Lipinski definition) is 2. The van der Waals surface area contributed by atoms with Crippen LogP contribution in [0, 0.1) is 5.92 Å². The van der Waals surface area contributed by atoms with E-state index in [1.165, 1.54) is 0 Å². The second-order valence-electron chi connectivity index (χ2n) is 3.94. The van der Waals surface area contributed by atoms with Crippen molar-refractivity contribution in [1.82, 2.24) is 0 Å². The zero-order valence-corrected chi connectivity index (χ0v) is 8.16. The van der Waals surface area contributed by atoms with E-state index in [4.69, 9.17) is 0 Å². The van der Waals surface area contributed by atoms with Gasteiger partial charge in [0, 0.05) is 12.8 Å². The van der Waals surface area contributed by atoms with E-state index in [2.05, 4.69) is 0 Å². The van der Waals surface area contributed by atoms with Gasteiger partial charge in [-0.05, 0) is 12.0 Å². The summed E-state index contributed by atoms with van der Waals surface area (Å²) in [5, 5.41) is 9.90. The molecule has 0 spiro atoms. The molecule has 1 atom stereocenters. The van der Waals surface area contributed by atoms with E-state index in [0.29, 0.717) is 18.8 Å². The quantitative estimate of drug-likeness (QED) is 0.719. The van der Waals surface area contributed by atoms with Crippen LogP contribution in [0.25, 0.3) is 0 Å². The molecule has 0 fully saturated rings. The molecule has 1 aliphatic rings. The summed E-state index contributed by atoms with van der Waals surface area (Å²) in [4.78, 5) is 11.6. The molecule has 72 valence electrons. The summed E-state index contributed by atoms with van der Waals surface area (Å²) in [6.45, 7) is 3.95. The lowest BCUT2D eigenvalue weighted by molar-refractivity contribution is -0.133. The predicted octanol–water partition coefficient (Wildman–Crippen LogP) is 1.85. The van der Waals surface area contributed by atoms with E-state index in [0.717, 1.165) is 0 Å². The van der Waals surface area contributed by atoms with Gasteiger partial charge in [0.1, 0.15) is 5.60 Å². The maximum Gasteiger partial charge on any atom is 0.168 e. The van der Waals surface area contributed by atoms with Crippen molar-refractivity contribution in [3.05, 3.63) is 24.3 Å². The van der Waals surface area contributed by atoms with Gasteiger partial charge in [0.05, 0.1) is 0 Å². The Morgan fingerprint density at radius 2 is 2.23 bits per heavy atom. The summed E-state index contributed by atoms with van der Waals surface area (Å²) in [6, 6.07) is 0. The van der Waals surface area contributed by atoms with E-state index in [1.807, 2.05) is 26.0 Å². The minimum atomic E-state index is -1.24. The van der Waals surface area contributed by atoms with E-state index in [-0.39, 0.29) is 5.78 Å². The van der Waals surface area contributed by atoms with Gasteiger partial charge in [0.25, 0.3) is 0 Å². The standard InChI is InChI=1S/C11H16O2/c1-9(2)8-10(12)11(13)6-4-3-5-7-11/h3-6,9,13H,7-8H2,1-2H3. The van der Waals surface area contributed by atoms with Crippen LogP contribution in [-0.4, -0.2) is 16.5 Å². The minimum absolute atomic E-state index is 0.0805. The van der Waals surface area contributed by atoms with Crippen LogP contribution < -0.4 is 0 Å². The van der Waals surface area contributed by atoms with Crippen molar-refractivity contribution in [3.63, 3.8) is 0 Å². The third-order valence-electron chi connectivity index (χ3n) is 2.12. The average Bonchev–Trinajstić information content (AvgIpc) is 2.04. The summed E-state index contributed by atoms with van der Waals surface area (Å²) in [7, 11) is 0. The third-order valence-corrected chi connectivity index (χ3v) is 2.12. The van der Waals surface area contributed by atoms with Crippen molar-refractivity contribution in [2.45, 2.75) is 32.3 Å². The Balaban J connectivity index is 2.64. The Morgan fingerprint density at radius 3 is 2.69 bits per heavy atom. The molecule has 0 saturated heterocycles. The van der Waals surface area contributed by atoms with E-state index < -0.39 is 5.60 Å². The molecular formula is C11H16O2. The fourth-order valence-corrected chi connectivity index (χ4v) is 1.36. The molecule has 2 heteroatoms. The summed E-state index contributed by atoms with van der Waals surface area (Å²) in [5.74, 6) is 0.221. The van der Waals surface area contributed by atoms with Crippen molar-refractivity contribution >= 4 is 5.78 Å². The van der Waals surface area contributed by atoms with Crippen molar-refractivity contribution in [2.75, 3.05) is 0 Å². The van der Waals surface area contributed by atoms with Gasteiger partial charge in [-0.25, -0.2) is 0 Å². The maximum absolute atomic E-state index is 11.6. The molecule has 0 aromatic carbocycles. The number of allylic oxidation sites excluding steroid dienone is 2. The van der Waals surface area contributed by atoms with Crippen LogP contribution in [-0.2, 0) is 4.79 Å². The van der Waals surface area contributed by atoms with Crippen molar-refractivity contribution in [1.29, 1.82) is 0 Å². The molecule has 0 amide bonds. The molecule has 0 heterocycles. The summed E-state index contributed by atoms with van der Waals surface area (Å²) in [6.07, 6.45) is 7.82. The van der Waals surface area contributed by atoms with Crippen molar-refractivity contribution in [3.8, 4) is 0 Å². The second kappa shape index (κ2) is 3.88. The Labute approximate surface area is 79.0 Å². The van der Waals surface area contributed by atoms with Crippen LogP contribution >= 0.6 is 0 Å². The second-order valence-corrected chi connectivity index (χ2v) is 3.94. The number of ketones is 1. The Kier molecular flexibility index (Phi) is 3.04. The molecule has 1 unspecified atom stereocenters. The normalized spacial score (nSPS) is 26.8. The fraction of sp³-hybridized carbons (Fsp3) is 0.545. The molecule has 1 N–H and O–H groups in total. The molecule has 0 radical (unpaired) electrons. The molecule has 0 saturated carbocycles. The van der Waals surface area contributed by atoms with Gasteiger partial charge < -0.3 is 5.11 Å². The van der Waals surface area contributed by atoms with E-state index in [1.54, 1.807) is 12.2 Å². The van der Waals surface area contributed by atoms with Crippen LogP contribution in [0.4, 0.5) is 0 Å². The smallest absolute Gasteiger partial charge is 0.168 e. The number of carbonyl (C=O) groups is 1. The Bertz CT molecular complexity index is 251. The number of carbonyl (C=O) groups excluding carboxylic acids is 1. The molecule has 1 rings (SSSR count). The number of hydrogen-bond donors (Lipinski definition) is 1. The molecule has 0 aromatic heterocycles. The Hall–Kier alpha value is -0.890. The molecule has 13 heavy (non-hydrogen) atoms. The monoisotopic (exact) mass is 180 g/mol. The molecule has 0 aromatic rings. The van der Waals surface area contributed by atoms with Gasteiger partial charge in [0.2, 0.25) is 0 Å². The maximum atomic E-state index is 11.6. The van der Waals surface area contributed by atoms with Gasteiger partial charge in [-0.15, -0.1) is 0 Å². The Morgan fingerprint density at radius 1 is 1.54 bits per heavy atom. The average molecular weight is 180 g/mol. The fourth-order valence-electron chi connectivity index (χ4n) is 1.36. The first kappa shape index (κ1) is 10.2. The summed E-state index contributed by atoms with van der Waals surface area (Å²) < 4.78 is 0. The van der Waals surface area contributed by atoms with Gasteiger partial charge in [-0.3, -0.25) is 4.79 Å². The topological polar surface area (TPSA) is 37.3 Å². The number of rotatable bonds is 3. The molecule has 0 aliphatic heterocycles. The number of Topliss-reactive ketones (excluding diaryl/α,β-unsaturated/α-hetero) is 1. The first-order valence-corrected chi connectivity index (χ1v) is 4.64. The first-order chi connectivity index (χ1) is 6.04. The molecular weight excluding hydrogens is 164 g/mol. The first-order valence-electron chi connectivity index (χ1n) is 4.64. The summed E-state index contributed by atoms with van der Waals surface area (Å²) >= 11 is 0. The highest BCUT2D eigenvalue weighted by atomic mass is 16.3. The zero-order valence-electron chi connectivity index (χ0n) is 8.16. The number of aliphatic hydroxyl groups is 1. The van der Waals surface area contributed by atoms with Crippen molar-refractivity contribution < 1.29 is 9.90 Å². The van der Waals surface area contributed by atoms with E-state index in [9.17, 15) is 9.90 Å². The van der Waals surface area contributed by atoms with Gasteiger partial charge >= 0.3 is 0 Å². The van der Waals surface area contributed by atoms with Crippen LogP contribution in [0.1, 0.15) is 26.7 Å². The van der Waals surface area contributed by atoms with E-state index >= 15 is 0 Å². The zero-order chi connectivity index (χ0) is 9.90. The molecule has 1 aliphatic carbocycles. The molecule has 2 nitrogen and oxygen atoms in total. The largest absolute Gasteiger partial charge is 0.378 e. The lowest BCUT2D eigenvalue weighted by Gasteiger charge is -2.24. The van der Waals surface area contributed by atoms with Gasteiger partial charge in [0.15, 0.2) is 5.78 Å².